The van der Waals surface area contributed by atoms with E-state index >= 15 is 0 Å². The predicted octanol–water partition coefficient (Wildman–Crippen LogP) is 8.01. The molecule has 1 nitrogen and oxygen atoms in total. The van der Waals surface area contributed by atoms with Crippen molar-refractivity contribution in [3.8, 4) is 11.5 Å². The van der Waals surface area contributed by atoms with Crippen LogP contribution in [-0.4, -0.2) is 0 Å². The van der Waals surface area contributed by atoms with Crippen LogP contribution in [0.25, 0.3) is 5.57 Å². The quantitative estimate of drug-likeness (QED) is 0.342. The summed E-state index contributed by atoms with van der Waals surface area (Å²) in [5.74, 6) is 1.74. The number of hydrogen-bond acceptors (Lipinski definition) is 1. The third kappa shape index (κ3) is 6.51. The van der Waals surface area contributed by atoms with Crippen molar-refractivity contribution in [1.29, 1.82) is 0 Å². The van der Waals surface area contributed by atoms with Gasteiger partial charge in [0.25, 0.3) is 0 Å². The molecule has 1 heteroatoms. The molecule has 0 aliphatic carbocycles. The third-order valence-corrected chi connectivity index (χ3v) is 4.30. The van der Waals surface area contributed by atoms with E-state index < -0.39 is 0 Å². The van der Waals surface area contributed by atoms with Gasteiger partial charge in [0.2, 0.25) is 0 Å². The fourth-order valence-corrected chi connectivity index (χ4v) is 2.96. The van der Waals surface area contributed by atoms with Gasteiger partial charge in [0.1, 0.15) is 11.5 Å². The Kier molecular flexibility index (Phi) is 7.86. The Balaban J connectivity index is 0.000000169. The Morgan fingerprint density at radius 2 is 0.897 bits per heavy atom. The molecule has 144 valence electrons. The lowest BCUT2D eigenvalue weighted by atomic mass is 9.97. The van der Waals surface area contributed by atoms with E-state index in [-0.39, 0.29) is 0 Å². The summed E-state index contributed by atoms with van der Waals surface area (Å²) in [5.41, 5.74) is 3.90. The second-order valence-corrected chi connectivity index (χ2v) is 6.49. The molecule has 4 rings (SSSR count). The van der Waals surface area contributed by atoms with Crippen molar-refractivity contribution < 1.29 is 4.74 Å². The molecule has 0 radical (unpaired) electrons. The maximum absolute atomic E-state index is 5.58. The van der Waals surface area contributed by atoms with Gasteiger partial charge in [-0.15, -0.1) is 0 Å². The van der Waals surface area contributed by atoms with Crippen molar-refractivity contribution in [3.05, 3.63) is 139 Å². The minimum Gasteiger partial charge on any atom is -0.457 e. The molecule has 0 atom stereocenters. The van der Waals surface area contributed by atoms with E-state index in [9.17, 15) is 0 Å². The highest BCUT2D eigenvalue weighted by atomic mass is 16.5. The first kappa shape index (κ1) is 20.2. The second-order valence-electron chi connectivity index (χ2n) is 6.49. The average molecular weight is 379 g/mol. The first-order valence-corrected chi connectivity index (χ1v) is 9.96. The number of para-hydroxylation sites is 2. The monoisotopic (exact) mass is 378 g/mol. The molecule has 4 aromatic carbocycles. The topological polar surface area (TPSA) is 9.23 Å². The zero-order valence-corrected chi connectivity index (χ0v) is 16.7. The smallest absolute Gasteiger partial charge is 0.127 e. The Morgan fingerprint density at radius 1 is 0.552 bits per heavy atom. The second kappa shape index (κ2) is 11.3. The average Bonchev–Trinajstić information content (AvgIpc) is 2.80. The van der Waals surface area contributed by atoms with E-state index in [0.717, 1.165) is 17.9 Å². The summed E-state index contributed by atoms with van der Waals surface area (Å²) in [6.07, 6.45) is 3.34. The summed E-state index contributed by atoms with van der Waals surface area (Å²) < 4.78 is 5.58. The summed E-state index contributed by atoms with van der Waals surface area (Å²) in [4.78, 5) is 0. The molecular weight excluding hydrogens is 352 g/mol. The first-order chi connectivity index (χ1) is 14.4. The van der Waals surface area contributed by atoms with E-state index in [2.05, 4.69) is 73.7 Å². The summed E-state index contributed by atoms with van der Waals surface area (Å²) in [5, 5.41) is 0. The molecule has 0 saturated carbocycles. The van der Waals surface area contributed by atoms with Gasteiger partial charge in [-0.2, -0.15) is 0 Å². The zero-order valence-electron chi connectivity index (χ0n) is 16.7. The van der Waals surface area contributed by atoms with E-state index in [4.69, 9.17) is 4.74 Å². The molecule has 0 aromatic heterocycles. The van der Waals surface area contributed by atoms with Crippen molar-refractivity contribution >= 4 is 5.57 Å². The molecule has 0 heterocycles. The number of hydrogen-bond donors (Lipinski definition) is 0. The highest BCUT2D eigenvalue weighted by Gasteiger charge is 2.02. The summed E-state index contributed by atoms with van der Waals surface area (Å²) >= 11 is 0. The van der Waals surface area contributed by atoms with Gasteiger partial charge in [-0.1, -0.05) is 110 Å². The largest absolute Gasteiger partial charge is 0.457 e. The van der Waals surface area contributed by atoms with E-state index in [0.29, 0.717) is 0 Å². The zero-order chi connectivity index (χ0) is 20.2. The molecule has 0 spiro atoms. The van der Waals surface area contributed by atoms with Gasteiger partial charge >= 0.3 is 0 Å². The van der Waals surface area contributed by atoms with Gasteiger partial charge in [-0.3, -0.25) is 0 Å². The Morgan fingerprint density at radius 3 is 1.24 bits per heavy atom. The SMILES string of the molecule is CCC=C(c1ccccc1)c1ccccc1.c1ccc(Oc2ccccc2)cc1. The molecule has 0 unspecified atom stereocenters. The molecular formula is C28H26O. The number of ether oxygens (including phenoxy) is 1. The summed E-state index contributed by atoms with van der Waals surface area (Å²) in [6.45, 7) is 2.17. The summed E-state index contributed by atoms with van der Waals surface area (Å²) in [6, 6.07) is 40.6. The Labute approximate surface area is 173 Å². The van der Waals surface area contributed by atoms with Crippen molar-refractivity contribution in [2.24, 2.45) is 0 Å². The van der Waals surface area contributed by atoms with E-state index in [1.807, 2.05) is 60.7 Å². The maximum atomic E-state index is 5.58. The first-order valence-electron chi connectivity index (χ1n) is 9.96. The number of rotatable bonds is 5. The van der Waals surface area contributed by atoms with Crippen LogP contribution in [0.15, 0.2) is 127 Å². The lowest BCUT2D eigenvalue weighted by Crippen LogP contribution is -1.87. The molecule has 0 saturated heterocycles. The van der Waals surface area contributed by atoms with Crippen molar-refractivity contribution in [2.75, 3.05) is 0 Å². The molecule has 0 fully saturated rings. The van der Waals surface area contributed by atoms with Gasteiger partial charge in [-0.05, 0) is 47.4 Å². The number of benzene rings is 4. The molecule has 29 heavy (non-hydrogen) atoms. The fourth-order valence-electron chi connectivity index (χ4n) is 2.96. The Bertz CT molecular complexity index is 896. The third-order valence-electron chi connectivity index (χ3n) is 4.30. The van der Waals surface area contributed by atoms with Crippen LogP contribution in [0, 0.1) is 0 Å². The number of allylic oxidation sites excluding steroid dienone is 1. The summed E-state index contributed by atoms with van der Waals surface area (Å²) in [7, 11) is 0. The van der Waals surface area contributed by atoms with Gasteiger partial charge in [0, 0.05) is 0 Å². The van der Waals surface area contributed by atoms with Crippen LogP contribution in [0.5, 0.6) is 11.5 Å². The van der Waals surface area contributed by atoms with Crippen molar-refractivity contribution in [2.45, 2.75) is 13.3 Å². The normalized spacial score (nSPS) is 9.69. The Hall–Kier alpha value is -3.58. The molecule has 0 amide bonds. The molecule has 0 N–H and O–H groups in total. The van der Waals surface area contributed by atoms with Crippen LogP contribution in [-0.2, 0) is 0 Å². The molecule has 4 aromatic rings. The van der Waals surface area contributed by atoms with Crippen LogP contribution in [0.1, 0.15) is 24.5 Å². The minimum absolute atomic E-state index is 0.869. The predicted molar refractivity (Wildman–Crippen MR) is 123 cm³/mol. The van der Waals surface area contributed by atoms with E-state index in [1.54, 1.807) is 0 Å². The van der Waals surface area contributed by atoms with Gasteiger partial charge in [0.15, 0.2) is 0 Å². The minimum atomic E-state index is 0.869. The molecule has 0 aliphatic heterocycles. The lowest BCUT2D eigenvalue weighted by molar-refractivity contribution is 0.482. The fraction of sp³-hybridized carbons (Fsp3) is 0.0714. The van der Waals surface area contributed by atoms with Crippen molar-refractivity contribution in [3.63, 3.8) is 0 Å². The molecule has 0 aliphatic rings. The van der Waals surface area contributed by atoms with E-state index in [1.165, 1.54) is 16.7 Å². The van der Waals surface area contributed by atoms with Crippen LogP contribution in [0.3, 0.4) is 0 Å². The standard InChI is InChI=1S/C16H16.C12H10O/c1-2-9-16(14-10-5-3-6-11-14)15-12-7-4-8-13-15;1-3-7-11(8-4-1)13-12-9-5-2-6-10-12/h3-13H,2H2,1H3;1-10H. The van der Waals surface area contributed by atoms with Gasteiger partial charge < -0.3 is 4.74 Å². The lowest BCUT2D eigenvalue weighted by Gasteiger charge is -2.07. The molecule has 0 bridgehead atoms. The van der Waals surface area contributed by atoms with Crippen molar-refractivity contribution in [1.82, 2.24) is 0 Å². The maximum Gasteiger partial charge on any atom is 0.127 e. The van der Waals surface area contributed by atoms with Crippen LogP contribution < -0.4 is 4.74 Å². The van der Waals surface area contributed by atoms with Gasteiger partial charge in [0.05, 0.1) is 0 Å². The highest BCUT2D eigenvalue weighted by Crippen LogP contribution is 2.23. The van der Waals surface area contributed by atoms with Crippen LogP contribution in [0.4, 0.5) is 0 Å². The van der Waals surface area contributed by atoms with Crippen LogP contribution >= 0.6 is 0 Å². The van der Waals surface area contributed by atoms with Crippen LogP contribution in [0.2, 0.25) is 0 Å². The van der Waals surface area contributed by atoms with Gasteiger partial charge in [-0.25, -0.2) is 0 Å². The highest BCUT2D eigenvalue weighted by molar-refractivity contribution is 5.79.